The standard InChI is InChI=1S/C27H31N3O4/c1-18-3-9-22-23(16-30(27(22)32)24-10-4-19(2)28-26(24)31)25(18)34-17-21-7-5-20(6-8-21)15-29-11-13-33-14-12-29/h3,5-9,24H,2,4,10-17H2,1H3,(H,28,31). The van der Waals surface area contributed by atoms with Gasteiger partial charge in [0.15, 0.2) is 0 Å². The molecule has 7 heteroatoms. The predicted molar refractivity (Wildman–Crippen MR) is 128 cm³/mol. The molecule has 3 aliphatic heterocycles. The number of rotatable bonds is 6. The lowest BCUT2D eigenvalue weighted by atomic mass is 10.0. The van der Waals surface area contributed by atoms with Crippen LogP contribution in [0.3, 0.4) is 0 Å². The van der Waals surface area contributed by atoms with E-state index in [0.717, 1.165) is 55.3 Å². The first-order chi connectivity index (χ1) is 16.5. The summed E-state index contributed by atoms with van der Waals surface area (Å²) in [7, 11) is 0. The maximum absolute atomic E-state index is 13.1. The average molecular weight is 462 g/mol. The van der Waals surface area contributed by atoms with Gasteiger partial charge in [-0.3, -0.25) is 14.5 Å². The van der Waals surface area contributed by atoms with E-state index in [4.69, 9.17) is 9.47 Å². The van der Waals surface area contributed by atoms with Gasteiger partial charge in [0.2, 0.25) is 5.91 Å². The number of benzene rings is 2. The van der Waals surface area contributed by atoms with Crippen LogP contribution in [0.4, 0.5) is 0 Å². The third kappa shape index (κ3) is 4.58. The molecule has 0 aliphatic carbocycles. The number of nitrogens with one attached hydrogen (secondary N) is 1. The van der Waals surface area contributed by atoms with Crippen LogP contribution < -0.4 is 10.1 Å². The molecule has 2 fully saturated rings. The summed E-state index contributed by atoms with van der Waals surface area (Å²) in [6.45, 7) is 11.1. The van der Waals surface area contributed by atoms with Crippen molar-refractivity contribution in [2.24, 2.45) is 0 Å². The molecule has 1 N–H and O–H groups in total. The predicted octanol–water partition coefficient (Wildman–Crippen LogP) is 3.15. The molecule has 3 aliphatic rings. The molecule has 2 aromatic carbocycles. The molecule has 0 aromatic heterocycles. The van der Waals surface area contributed by atoms with Gasteiger partial charge in [0.25, 0.3) is 5.91 Å². The van der Waals surface area contributed by atoms with Crippen molar-refractivity contribution in [2.45, 2.75) is 45.5 Å². The van der Waals surface area contributed by atoms with Crippen LogP contribution in [0.2, 0.25) is 0 Å². The van der Waals surface area contributed by atoms with Gasteiger partial charge in [0, 0.05) is 36.5 Å². The van der Waals surface area contributed by atoms with E-state index in [2.05, 4.69) is 41.1 Å². The summed E-state index contributed by atoms with van der Waals surface area (Å²) in [5.74, 6) is 0.472. The van der Waals surface area contributed by atoms with Crippen molar-refractivity contribution in [1.29, 1.82) is 0 Å². The van der Waals surface area contributed by atoms with E-state index in [1.807, 2.05) is 19.1 Å². The van der Waals surface area contributed by atoms with Crippen molar-refractivity contribution >= 4 is 11.8 Å². The molecule has 2 aromatic rings. The second-order valence-electron chi connectivity index (χ2n) is 9.31. The lowest BCUT2D eigenvalue weighted by molar-refractivity contribution is -0.126. The summed E-state index contributed by atoms with van der Waals surface area (Å²) < 4.78 is 11.7. The van der Waals surface area contributed by atoms with Gasteiger partial charge in [-0.05, 0) is 42.5 Å². The van der Waals surface area contributed by atoms with Crippen molar-refractivity contribution in [3.05, 3.63) is 76.5 Å². The lowest BCUT2D eigenvalue weighted by Gasteiger charge is -2.31. The Kier molecular flexibility index (Phi) is 6.39. The van der Waals surface area contributed by atoms with Gasteiger partial charge in [-0.1, -0.05) is 36.9 Å². The number of carbonyl (C=O) groups is 2. The molecule has 0 spiro atoms. The van der Waals surface area contributed by atoms with E-state index in [9.17, 15) is 9.59 Å². The maximum atomic E-state index is 13.1. The molecule has 0 bridgehead atoms. The number of aryl methyl sites for hydroxylation is 1. The van der Waals surface area contributed by atoms with Crippen LogP contribution in [-0.2, 0) is 29.2 Å². The Morgan fingerprint density at radius 3 is 2.56 bits per heavy atom. The molecular formula is C27H31N3O4. The number of piperidine rings is 1. The van der Waals surface area contributed by atoms with Gasteiger partial charge in [0.05, 0.1) is 19.8 Å². The number of hydrogen-bond donors (Lipinski definition) is 1. The van der Waals surface area contributed by atoms with Crippen LogP contribution in [0.5, 0.6) is 5.75 Å². The maximum Gasteiger partial charge on any atom is 0.255 e. The van der Waals surface area contributed by atoms with Gasteiger partial charge < -0.3 is 19.7 Å². The first-order valence-corrected chi connectivity index (χ1v) is 11.9. The minimum absolute atomic E-state index is 0.111. The first kappa shape index (κ1) is 22.6. The number of nitrogens with zero attached hydrogens (tertiary/aromatic N) is 2. The smallest absolute Gasteiger partial charge is 0.255 e. The fraction of sp³-hybridized carbons (Fsp3) is 0.407. The molecule has 0 radical (unpaired) electrons. The van der Waals surface area contributed by atoms with E-state index in [0.29, 0.717) is 37.3 Å². The Morgan fingerprint density at radius 1 is 1.09 bits per heavy atom. The van der Waals surface area contributed by atoms with Crippen molar-refractivity contribution in [3.8, 4) is 5.75 Å². The Hall–Kier alpha value is -3.16. The quantitative estimate of drug-likeness (QED) is 0.716. The SMILES string of the molecule is C=C1CCC(N2Cc3c(ccc(C)c3OCc3ccc(CN4CCOCC4)cc3)C2=O)C(=O)N1. The summed E-state index contributed by atoms with van der Waals surface area (Å²) in [6, 6.07) is 11.8. The lowest BCUT2D eigenvalue weighted by Crippen LogP contribution is -2.49. The average Bonchev–Trinajstić information content (AvgIpc) is 3.16. The number of morpholine rings is 1. The summed E-state index contributed by atoms with van der Waals surface area (Å²) in [4.78, 5) is 29.7. The second-order valence-corrected chi connectivity index (χ2v) is 9.31. The zero-order valence-corrected chi connectivity index (χ0v) is 19.6. The van der Waals surface area contributed by atoms with E-state index >= 15 is 0 Å². The zero-order valence-electron chi connectivity index (χ0n) is 19.6. The van der Waals surface area contributed by atoms with Crippen LogP contribution in [0.15, 0.2) is 48.7 Å². The van der Waals surface area contributed by atoms with Crippen molar-refractivity contribution in [3.63, 3.8) is 0 Å². The van der Waals surface area contributed by atoms with Crippen LogP contribution in [0, 0.1) is 6.92 Å². The second kappa shape index (κ2) is 9.60. The highest BCUT2D eigenvalue weighted by molar-refractivity contribution is 6.02. The van der Waals surface area contributed by atoms with Gasteiger partial charge >= 0.3 is 0 Å². The number of hydrogen-bond acceptors (Lipinski definition) is 5. The summed E-state index contributed by atoms with van der Waals surface area (Å²) in [6.07, 6.45) is 1.27. The van der Waals surface area contributed by atoms with E-state index in [-0.39, 0.29) is 11.8 Å². The number of fused-ring (bicyclic) bond motifs is 1. The highest BCUT2D eigenvalue weighted by Gasteiger charge is 2.39. The molecule has 7 nitrogen and oxygen atoms in total. The Balaban J connectivity index is 1.27. The third-order valence-corrected chi connectivity index (χ3v) is 6.89. The Morgan fingerprint density at radius 2 is 1.82 bits per heavy atom. The van der Waals surface area contributed by atoms with Crippen LogP contribution in [0.1, 0.15) is 45.5 Å². The van der Waals surface area contributed by atoms with E-state index < -0.39 is 6.04 Å². The molecule has 2 amide bonds. The van der Waals surface area contributed by atoms with Gasteiger partial charge in [-0.2, -0.15) is 0 Å². The van der Waals surface area contributed by atoms with Gasteiger partial charge in [0.1, 0.15) is 18.4 Å². The molecule has 0 saturated carbocycles. The van der Waals surface area contributed by atoms with Gasteiger partial charge in [-0.15, -0.1) is 0 Å². The molecule has 5 rings (SSSR count). The largest absolute Gasteiger partial charge is 0.488 e. The molecule has 178 valence electrons. The summed E-state index contributed by atoms with van der Waals surface area (Å²) >= 11 is 0. The third-order valence-electron chi connectivity index (χ3n) is 6.89. The number of carbonyl (C=O) groups excluding carboxylic acids is 2. The molecular weight excluding hydrogens is 430 g/mol. The van der Waals surface area contributed by atoms with Crippen LogP contribution in [-0.4, -0.2) is 54.0 Å². The summed E-state index contributed by atoms with van der Waals surface area (Å²) in [5, 5.41) is 2.79. The van der Waals surface area contributed by atoms with Crippen molar-refractivity contribution in [2.75, 3.05) is 26.3 Å². The van der Waals surface area contributed by atoms with E-state index in [1.54, 1.807) is 4.90 Å². The minimum atomic E-state index is -0.474. The van der Waals surface area contributed by atoms with Crippen LogP contribution >= 0.6 is 0 Å². The van der Waals surface area contributed by atoms with E-state index in [1.165, 1.54) is 5.56 Å². The fourth-order valence-electron chi connectivity index (χ4n) is 4.93. The van der Waals surface area contributed by atoms with Crippen molar-refractivity contribution in [1.82, 2.24) is 15.1 Å². The molecule has 3 heterocycles. The number of ether oxygens (including phenoxy) is 2. The highest BCUT2D eigenvalue weighted by Crippen LogP contribution is 2.36. The fourth-order valence-corrected chi connectivity index (χ4v) is 4.93. The normalized spacial score (nSPS) is 20.9. The molecule has 1 atom stereocenters. The zero-order chi connectivity index (χ0) is 23.7. The Bertz CT molecular complexity index is 1110. The Labute approximate surface area is 200 Å². The topological polar surface area (TPSA) is 71.1 Å². The van der Waals surface area contributed by atoms with Crippen LogP contribution in [0.25, 0.3) is 0 Å². The first-order valence-electron chi connectivity index (χ1n) is 11.9. The molecule has 2 saturated heterocycles. The minimum Gasteiger partial charge on any atom is -0.488 e. The monoisotopic (exact) mass is 461 g/mol. The van der Waals surface area contributed by atoms with Gasteiger partial charge in [-0.25, -0.2) is 0 Å². The summed E-state index contributed by atoms with van der Waals surface area (Å²) in [5.41, 5.74) is 5.54. The number of allylic oxidation sites excluding steroid dienone is 1. The molecule has 34 heavy (non-hydrogen) atoms. The highest BCUT2D eigenvalue weighted by atomic mass is 16.5. The molecule has 1 unspecified atom stereocenters. The van der Waals surface area contributed by atoms with Crippen molar-refractivity contribution < 1.29 is 19.1 Å². The number of amides is 2.